The van der Waals surface area contributed by atoms with E-state index in [2.05, 4.69) is 21.7 Å². The maximum Gasteiger partial charge on any atom is 0.490 e. The second-order valence-corrected chi connectivity index (χ2v) is 9.72. The third kappa shape index (κ3) is 11.6. The van der Waals surface area contributed by atoms with E-state index in [1.807, 2.05) is 13.8 Å². The molecule has 6 N–H and O–H groups in total. The summed E-state index contributed by atoms with van der Waals surface area (Å²) in [6.45, 7) is 7.94. The first-order chi connectivity index (χ1) is 18.9. The highest BCUT2D eigenvalue weighted by Gasteiger charge is 2.39. The first kappa shape index (κ1) is 35.7. The fraction of sp³-hybridized carbons (Fsp3) is 0.708. The minimum Gasteiger partial charge on any atom is -0.475 e. The number of rotatable bonds is 8. The molecule has 3 rings (SSSR count). The molecule has 0 radical (unpaired) electrons. The molecule has 0 amide bonds. The van der Waals surface area contributed by atoms with Crippen LogP contribution in [0.15, 0.2) is 0 Å². The summed E-state index contributed by atoms with van der Waals surface area (Å²) in [7, 11) is 0. The number of nitrogens with two attached hydrogens (primary N) is 2. The van der Waals surface area contributed by atoms with Gasteiger partial charge in [0.15, 0.2) is 5.82 Å². The van der Waals surface area contributed by atoms with Gasteiger partial charge in [-0.3, -0.25) is 0 Å². The number of fused-ring (bicyclic) bond motifs is 1. The van der Waals surface area contributed by atoms with Gasteiger partial charge >= 0.3 is 24.3 Å². The maximum absolute atomic E-state index is 10.6. The fourth-order valence-electron chi connectivity index (χ4n) is 4.02. The van der Waals surface area contributed by atoms with Gasteiger partial charge in [-0.2, -0.15) is 26.3 Å². The van der Waals surface area contributed by atoms with Gasteiger partial charge in [0.2, 0.25) is 0 Å². The molecule has 0 unspecified atom stereocenters. The van der Waals surface area contributed by atoms with Crippen LogP contribution in [0, 0.1) is 11.8 Å². The van der Waals surface area contributed by atoms with Crippen molar-refractivity contribution in [2.75, 3.05) is 12.3 Å². The number of aryl methyl sites for hydroxylation is 1. The number of alkyl halides is 6. The smallest absolute Gasteiger partial charge is 0.475 e. The van der Waals surface area contributed by atoms with Gasteiger partial charge in [0.25, 0.3) is 5.88 Å². The predicted octanol–water partition coefficient (Wildman–Crippen LogP) is 4.57. The van der Waals surface area contributed by atoms with Crippen molar-refractivity contribution in [2.24, 2.45) is 17.6 Å². The number of anilines is 1. The summed E-state index contributed by atoms with van der Waals surface area (Å²) in [6, 6.07) is 0. The van der Waals surface area contributed by atoms with Crippen LogP contribution in [-0.4, -0.2) is 66.9 Å². The number of halogens is 6. The van der Waals surface area contributed by atoms with Crippen molar-refractivity contribution in [1.29, 1.82) is 0 Å². The van der Waals surface area contributed by atoms with Gasteiger partial charge < -0.3 is 31.0 Å². The van der Waals surface area contributed by atoms with Crippen molar-refractivity contribution in [3.63, 3.8) is 0 Å². The molecule has 1 aliphatic carbocycles. The van der Waals surface area contributed by atoms with Crippen LogP contribution in [0.3, 0.4) is 0 Å². The average Bonchev–Trinajstić information content (AvgIpc) is 3.23. The van der Waals surface area contributed by atoms with Crippen molar-refractivity contribution in [3.8, 4) is 5.88 Å². The highest BCUT2D eigenvalue weighted by molar-refractivity contribution is 5.88. The highest BCUT2D eigenvalue weighted by Crippen LogP contribution is 2.34. The molecule has 17 heteroatoms. The SMILES string of the molecule is CCCCc1nc2c(N)nnc(OC(C)C)c2n1C[C@H]1CC[C@H](CN)CC1.O=C(O)C(F)(F)F.O=C(O)C(F)(F)F. The lowest BCUT2D eigenvalue weighted by molar-refractivity contribution is -0.193. The molecule has 0 spiro atoms. The molecule has 2 aromatic rings. The van der Waals surface area contributed by atoms with Gasteiger partial charge in [0.05, 0.1) is 6.10 Å². The van der Waals surface area contributed by atoms with Crippen LogP contribution in [0.1, 0.15) is 65.1 Å². The molecule has 1 saturated carbocycles. The van der Waals surface area contributed by atoms with Crippen molar-refractivity contribution < 1.29 is 50.9 Å². The summed E-state index contributed by atoms with van der Waals surface area (Å²) in [5.74, 6) is -2.21. The number of hydrogen-bond acceptors (Lipinski definition) is 8. The molecule has 234 valence electrons. The molecule has 0 aromatic carbocycles. The van der Waals surface area contributed by atoms with Crippen LogP contribution in [0.5, 0.6) is 5.88 Å². The van der Waals surface area contributed by atoms with Gasteiger partial charge in [-0.15, -0.1) is 10.2 Å². The lowest BCUT2D eigenvalue weighted by Gasteiger charge is -2.28. The summed E-state index contributed by atoms with van der Waals surface area (Å²) in [5, 5.41) is 22.6. The molecule has 1 aliphatic rings. The number of carboxylic acid groups (broad SMARTS) is 2. The second kappa shape index (κ2) is 15.6. The highest BCUT2D eigenvalue weighted by atomic mass is 19.4. The second-order valence-electron chi connectivity index (χ2n) is 9.72. The first-order valence-electron chi connectivity index (χ1n) is 12.9. The number of carboxylic acids is 2. The van der Waals surface area contributed by atoms with E-state index >= 15 is 0 Å². The van der Waals surface area contributed by atoms with Crippen molar-refractivity contribution >= 4 is 28.8 Å². The van der Waals surface area contributed by atoms with Crippen LogP contribution < -0.4 is 16.2 Å². The van der Waals surface area contributed by atoms with E-state index in [0.29, 0.717) is 23.5 Å². The van der Waals surface area contributed by atoms with E-state index in [-0.39, 0.29) is 6.10 Å². The van der Waals surface area contributed by atoms with Gasteiger partial charge in [-0.25, -0.2) is 14.6 Å². The number of aromatic nitrogens is 4. The first-order valence-corrected chi connectivity index (χ1v) is 12.9. The maximum atomic E-state index is 10.6. The Hall–Kier alpha value is -3.37. The number of nitrogen functional groups attached to an aromatic ring is 1. The van der Waals surface area contributed by atoms with Crippen LogP contribution in [-0.2, 0) is 22.6 Å². The normalized spacial score (nSPS) is 17.3. The molecular formula is C24H36F6N6O5. The Labute approximate surface area is 232 Å². The third-order valence-electron chi connectivity index (χ3n) is 6.07. The number of aliphatic carboxylic acids is 2. The summed E-state index contributed by atoms with van der Waals surface area (Å²) < 4.78 is 71.7. The molecule has 41 heavy (non-hydrogen) atoms. The Bertz CT molecular complexity index is 1110. The van der Waals surface area contributed by atoms with Gasteiger partial charge in [0.1, 0.15) is 16.9 Å². The Morgan fingerprint density at radius 3 is 1.90 bits per heavy atom. The fourth-order valence-corrected chi connectivity index (χ4v) is 4.02. The summed E-state index contributed by atoms with van der Waals surface area (Å²) >= 11 is 0. The summed E-state index contributed by atoms with van der Waals surface area (Å²) in [5.41, 5.74) is 13.6. The topological polar surface area (TPSA) is 179 Å². The van der Waals surface area contributed by atoms with Gasteiger partial charge in [-0.05, 0) is 64.3 Å². The van der Waals surface area contributed by atoms with E-state index in [1.165, 1.54) is 25.7 Å². The number of unbranched alkanes of at least 4 members (excludes halogenated alkanes) is 1. The molecule has 0 aliphatic heterocycles. The summed E-state index contributed by atoms with van der Waals surface area (Å²) in [6.07, 6.45) is -2.12. The van der Waals surface area contributed by atoms with Crippen molar-refractivity contribution in [3.05, 3.63) is 5.82 Å². The molecule has 1 fully saturated rings. The van der Waals surface area contributed by atoms with E-state index in [9.17, 15) is 26.3 Å². The van der Waals surface area contributed by atoms with Gasteiger partial charge in [-0.1, -0.05) is 13.3 Å². The van der Waals surface area contributed by atoms with E-state index in [1.54, 1.807) is 0 Å². The zero-order chi connectivity index (χ0) is 31.5. The summed E-state index contributed by atoms with van der Waals surface area (Å²) in [4.78, 5) is 22.6. The van der Waals surface area contributed by atoms with E-state index in [4.69, 9.17) is 41.0 Å². The molecule has 0 atom stereocenters. The van der Waals surface area contributed by atoms with E-state index in [0.717, 1.165) is 49.2 Å². The number of ether oxygens (including phenoxy) is 1. The molecule has 2 aromatic heterocycles. The third-order valence-corrected chi connectivity index (χ3v) is 6.07. The molecule has 2 heterocycles. The molecular weight excluding hydrogens is 566 g/mol. The number of imidazole rings is 1. The molecule has 0 saturated heterocycles. The predicted molar refractivity (Wildman–Crippen MR) is 136 cm³/mol. The Morgan fingerprint density at radius 1 is 1.00 bits per heavy atom. The van der Waals surface area contributed by atoms with Crippen LogP contribution in [0.4, 0.5) is 32.2 Å². The van der Waals surface area contributed by atoms with Crippen LogP contribution >= 0.6 is 0 Å². The minimum absolute atomic E-state index is 0.0218. The zero-order valence-corrected chi connectivity index (χ0v) is 22.9. The Kier molecular flexibility index (Phi) is 13.6. The zero-order valence-electron chi connectivity index (χ0n) is 22.9. The van der Waals surface area contributed by atoms with Gasteiger partial charge in [0, 0.05) is 13.0 Å². The van der Waals surface area contributed by atoms with Crippen LogP contribution in [0.2, 0.25) is 0 Å². The van der Waals surface area contributed by atoms with E-state index < -0.39 is 24.3 Å². The van der Waals surface area contributed by atoms with Crippen molar-refractivity contribution in [1.82, 2.24) is 19.7 Å². The molecule has 11 nitrogen and oxygen atoms in total. The Balaban J connectivity index is 0.000000497. The number of hydrogen-bond donors (Lipinski definition) is 4. The average molecular weight is 603 g/mol. The Morgan fingerprint density at radius 2 is 1.49 bits per heavy atom. The standard InChI is InChI=1S/C20H34N6O.2C2HF3O2/c1-4-5-6-16-23-17-18(20(27-13(2)3)25-24-19(17)22)26(16)12-15-9-7-14(11-21)8-10-15;2*3-2(4,5)1(6)7/h13-15H,4-12,21H2,1-3H3,(H2,22,24);2*(H,6,7)/t14-,15-;;. The monoisotopic (exact) mass is 602 g/mol. The lowest BCUT2D eigenvalue weighted by atomic mass is 9.82. The molecule has 0 bridgehead atoms. The van der Waals surface area contributed by atoms with Crippen LogP contribution in [0.25, 0.3) is 11.0 Å². The quantitative estimate of drug-likeness (QED) is 0.313. The largest absolute Gasteiger partial charge is 0.490 e. The number of nitrogens with zero attached hydrogens (tertiary/aromatic N) is 4. The minimum atomic E-state index is -5.08. The lowest BCUT2D eigenvalue weighted by Crippen LogP contribution is -2.24. The number of carbonyl (C=O) groups is 2. The van der Waals surface area contributed by atoms with Crippen molar-refractivity contribution in [2.45, 2.75) is 90.7 Å².